The van der Waals surface area contributed by atoms with Crippen molar-refractivity contribution < 1.29 is 0 Å². The van der Waals surface area contributed by atoms with Gasteiger partial charge >= 0.3 is 0 Å². The van der Waals surface area contributed by atoms with Gasteiger partial charge in [0.25, 0.3) is 0 Å². The molecule has 0 radical (unpaired) electrons. The third-order valence-electron chi connectivity index (χ3n) is 4.86. The molecular weight excluding hydrogens is 194 g/mol. The van der Waals surface area contributed by atoms with Gasteiger partial charge in [-0.2, -0.15) is 0 Å². The van der Waals surface area contributed by atoms with Crippen LogP contribution in [0.15, 0.2) is 35.1 Å². The van der Waals surface area contributed by atoms with Crippen LogP contribution in [0.25, 0.3) is 0 Å². The number of allylic oxidation sites excluding steroid dienone is 6. The monoisotopic (exact) mass is 215 g/mol. The smallest absolute Gasteiger partial charge is 0.00869 e. The Kier molecular flexibility index (Phi) is 2.07. The number of rotatable bonds is 0. The molecule has 86 valence electrons. The molecule has 3 aliphatic carbocycles. The second-order valence-electron chi connectivity index (χ2n) is 6.08. The van der Waals surface area contributed by atoms with Crippen molar-refractivity contribution in [2.45, 2.75) is 39.5 Å². The molecule has 1 nitrogen and oxygen atoms in total. The Morgan fingerprint density at radius 3 is 2.81 bits per heavy atom. The van der Waals surface area contributed by atoms with Crippen LogP contribution in [0.5, 0.6) is 0 Å². The van der Waals surface area contributed by atoms with E-state index in [2.05, 4.69) is 32.1 Å². The fraction of sp³-hybridized carbons (Fsp3) is 0.600. The van der Waals surface area contributed by atoms with E-state index in [1.165, 1.54) is 19.3 Å². The number of fused-ring (bicyclic) bond motifs is 3. The highest BCUT2D eigenvalue weighted by atomic mass is 14.6. The summed E-state index contributed by atoms with van der Waals surface area (Å²) >= 11 is 0. The SMILES string of the molecule is CC1(C)C2CCCC=C2C2=CC=C(N)CC21. The van der Waals surface area contributed by atoms with Crippen LogP contribution < -0.4 is 5.73 Å². The summed E-state index contributed by atoms with van der Waals surface area (Å²) in [4.78, 5) is 0. The lowest BCUT2D eigenvalue weighted by Crippen LogP contribution is -2.28. The molecule has 0 heterocycles. The molecule has 2 atom stereocenters. The van der Waals surface area contributed by atoms with Crippen LogP contribution in [0.3, 0.4) is 0 Å². The summed E-state index contributed by atoms with van der Waals surface area (Å²) in [5.41, 5.74) is 10.7. The number of hydrogen-bond acceptors (Lipinski definition) is 1. The maximum Gasteiger partial charge on any atom is 0.00869 e. The minimum absolute atomic E-state index is 0.400. The minimum atomic E-state index is 0.400. The highest BCUT2D eigenvalue weighted by Gasteiger charge is 2.49. The molecule has 0 amide bonds. The number of hydrogen-bond donors (Lipinski definition) is 1. The van der Waals surface area contributed by atoms with Crippen LogP contribution >= 0.6 is 0 Å². The zero-order valence-electron chi connectivity index (χ0n) is 10.3. The van der Waals surface area contributed by atoms with Crippen LogP contribution in [-0.4, -0.2) is 0 Å². The molecule has 2 N–H and O–H groups in total. The fourth-order valence-corrected chi connectivity index (χ4v) is 3.90. The van der Waals surface area contributed by atoms with Gasteiger partial charge in [-0.1, -0.05) is 26.0 Å². The van der Waals surface area contributed by atoms with E-state index < -0.39 is 0 Å². The molecule has 0 saturated heterocycles. The molecule has 3 aliphatic rings. The van der Waals surface area contributed by atoms with Crippen molar-refractivity contribution in [2.24, 2.45) is 23.0 Å². The molecule has 1 saturated carbocycles. The standard InChI is InChI=1S/C15H21N/c1-15(2)13-6-4-3-5-11(13)12-8-7-10(16)9-14(12)15/h5,7-8,13-14H,3-4,6,9,16H2,1-2H3. The van der Waals surface area contributed by atoms with Crippen molar-refractivity contribution in [3.05, 3.63) is 35.1 Å². The largest absolute Gasteiger partial charge is 0.402 e. The third kappa shape index (κ3) is 1.24. The zero-order chi connectivity index (χ0) is 11.3. The molecule has 3 rings (SSSR count). The summed E-state index contributed by atoms with van der Waals surface area (Å²) in [6.45, 7) is 4.86. The lowest BCUT2D eigenvalue weighted by molar-refractivity contribution is 0.191. The Balaban J connectivity index is 2.10. The van der Waals surface area contributed by atoms with Gasteiger partial charge < -0.3 is 5.73 Å². The van der Waals surface area contributed by atoms with E-state index in [9.17, 15) is 0 Å². The molecule has 0 spiro atoms. The lowest BCUT2D eigenvalue weighted by Gasteiger charge is -2.34. The molecule has 0 aliphatic heterocycles. The van der Waals surface area contributed by atoms with Crippen molar-refractivity contribution in [3.8, 4) is 0 Å². The second kappa shape index (κ2) is 3.26. The first kappa shape index (κ1) is 10.2. The van der Waals surface area contributed by atoms with Crippen LogP contribution in [0, 0.1) is 17.3 Å². The summed E-state index contributed by atoms with van der Waals surface area (Å²) in [6.07, 6.45) is 11.9. The van der Waals surface area contributed by atoms with Crippen molar-refractivity contribution >= 4 is 0 Å². The third-order valence-corrected chi connectivity index (χ3v) is 4.86. The van der Waals surface area contributed by atoms with E-state index in [1.807, 2.05) is 0 Å². The molecule has 0 aromatic rings. The average molecular weight is 215 g/mol. The van der Waals surface area contributed by atoms with E-state index in [0.29, 0.717) is 11.3 Å². The maximum atomic E-state index is 6.00. The van der Waals surface area contributed by atoms with Crippen LogP contribution in [0.4, 0.5) is 0 Å². The first-order valence-corrected chi connectivity index (χ1v) is 6.47. The summed E-state index contributed by atoms with van der Waals surface area (Å²) in [5, 5.41) is 0. The zero-order valence-corrected chi connectivity index (χ0v) is 10.3. The van der Waals surface area contributed by atoms with Gasteiger partial charge in [-0.3, -0.25) is 0 Å². The predicted molar refractivity (Wildman–Crippen MR) is 67.7 cm³/mol. The Bertz CT molecular complexity index is 409. The molecular formula is C15H21N. The van der Waals surface area contributed by atoms with E-state index in [4.69, 9.17) is 5.73 Å². The van der Waals surface area contributed by atoms with E-state index in [1.54, 1.807) is 11.1 Å². The Morgan fingerprint density at radius 1 is 1.19 bits per heavy atom. The van der Waals surface area contributed by atoms with Gasteiger partial charge in [0.1, 0.15) is 0 Å². The summed E-state index contributed by atoms with van der Waals surface area (Å²) in [7, 11) is 0. The van der Waals surface area contributed by atoms with Gasteiger partial charge in [0.15, 0.2) is 0 Å². The normalized spacial score (nSPS) is 35.8. The Labute approximate surface area is 98.1 Å². The van der Waals surface area contributed by atoms with Gasteiger partial charge in [-0.05, 0) is 60.2 Å². The Morgan fingerprint density at radius 2 is 2.00 bits per heavy atom. The summed E-state index contributed by atoms with van der Waals surface area (Å²) in [5.74, 6) is 1.43. The predicted octanol–water partition coefficient (Wildman–Crippen LogP) is 3.54. The molecule has 0 aromatic carbocycles. The van der Waals surface area contributed by atoms with Gasteiger partial charge in [-0.15, -0.1) is 0 Å². The fourth-order valence-electron chi connectivity index (χ4n) is 3.90. The van der Waals surface area contributed by atoms with E-state index in [0.717, 1.165) is 18.0 Å². The molecule has 2 unspecified atom stereocenters. The van der Waals surface area contributed by atoms with Crippen molar-refractivity contribution in [3.63, 3.8) is 0 Å². The van der Waals surface area contributed by atoms with Crippen molar-refractivity contribution in [1.82, 2.24) is 0 Å². The molecule has 0 aromatic heterocycles. The van der Waals surface area contributed by atoms with Gasteiger partial charge in [0.2, 0.25) is 0 Å². The molecule has 16 heavy (non-hydrogen) atoms. The quantitative estimate of drug-likeness (QED) is 0.657. The van der Waals surface area contributed by atoms with Crippen LogP contribution in [0.2, 0.25) is 0 Å². The second-order valence-corrected chi connectivity index (χ2v) is 6.08. The summed E-state index contributed by atoms with van der Waals surface area (Å²) < 4.78 is 0. The summed E-state index contributed by atoms with van der Waals surface area (Å²) in [6, 6.07) is 0. The van der Waals surface area contributed by atoms with Gasteiger partial charge in [0.05, 0.1) is 0 Å². The lowest BCUT2D eigenvalue weighted by atomic mass is 9.70. The topological polar surface area (TPSA) is 26.0 Å². The number of nitrogens with two attached hydrogens (primary N) is 1. The maximum absolute atomic E-state index is 6.00. The highest BCUT2D eigenvalue weighted by molar-refractivity contribution is 5.48. The molecule has 1 fully saturated rings. The molecule has 1 heteroatoms. The average Bonchev–Trinajstić information content (AvgIpc) is 2.49. The molecule has 0 bridgehead atoms. The first-order chi connectivity index (χ1) is 7.60. The minimum Gasteiger partial charge on any atom is -0.402 e. The van der Waals surface area contributed by atoms with Crippen molar-refractivity contribution in [2.75, 3.05) is 0 Å². The highest BCUT2D eigenvalue weighted by Crippen LogP contribution is 2.59. The van der Waals surface area contributed by atoms with Crippen molar-refractivity contribution in [1.29, 1.82) is 0 Å². The Hall–Kier alpha value is -0.980. The van der Waals surface area contributed by atoms with Gasteiger partial charge in [0, 0.05) is 5.70 Å². The van der Waals surface area contributed by atoms with Crippen LogP contribution in [0.1, 0.15) is 39.5 Å². The first-order valence-electron chi connectivity index (χ1n) is 6.47. The van der Waals surface area contributed by atoms with E-state index in [-0.39, 0.29) is 0 Å². The van der Waals surface area contributed by atoms with Crippen LogP contribution in [-0.2, 0) is 0 Å². The van der Waals surface area contributed by atoms with E-state index >= 15 is 0 Å². The van der Waals surface area contributed by atoms with Gasteiger partial charge in [-0.25, -0.2) is 0 Å².